The summed E-state index contributed by atoms with van der Waals surface area (Å²) in [6.45, 7) is 7.76. The Morgan fingerprint density at radius 3 is 2.50 bits per heavy atom. The van der Waals surface area contributed by atoms with Gasteiger partial charge in [-0.05, 0) is 32.4 Å². The lowest BCUT2D eigenvalue weighted by atomic mass is 10.2. The number of rotatable bonds is 9. The van der Waals surface area contributed by atoms with Crippen molar-refractivity contribution in [2.75, 3.05) is 40.0 Å². The van der Waals surface area contributed by atoms with Crippen LogP contribution in [0.15, 0.2) is 29.3 Å². The minimum Gasteiger partial charge on any atom is -0.492 e. The molecule has 0 spiro atoms. The molecule has 1 aromatic rings. The van der Waals surface area contributed by atoms with Crippen LogP contribution in [-0.2, 0) is 4.74 Å². The summed E-state index contributed by atoms with van der Waals surface area (Å²) in [4.78, 5) is 4.47. The highest BCUT2D eigenvalue weighted by molar-refractivity contribution is 14.0. The number of nitrogens with zero attached hydrogens (tertiary/aromatic N) is 1. The highest BCUT2D eigenvalue weighted by atomic mass is 127. The van der Waals surface area contributed by atoms with Gasteiger partial charge in [-0.1, -0.05) is 17.7 Å². The van der Waals surface area contributed by atoms with Crippen molar-refractivity contribution in [1.29, 1.82) is 0 Å². The number of halogens is 1. The van der Waals surface area contributed by atoms with Gasteiger partial charge in [0.2, 0.25) is 0 Å². The van der Waals surface area contributed by atoms with Crippen LogP contribution in [0.1, 0.15) is 18.9 Å². The van der Waals surface area contributed by atoms with E-state index < -0.39 is 0 Å². The van der Waals surface area contributed by atoms with Crippen LogP contribution >= 0.6 is 24.0 Å². The number of aryl methyl sites for hydroxylation is 1. The lowest BCUT2D eigenvalue weighted by Gasteiger charge is -2.12. The summed E-state index contributed by atoms with van der Waals surface area (Å²) in [6, 6.07) is 8.06. The van der Waals surface area contributed by atoms with Gasteiger partial charge in [0.25, 0.3) is 0 Å². The summed E-state index contributed by atoms with van der Waals surface area (Å²) in [5, 5.41) is 6.46. The first kappa shape index (κ1) is 21.0. The quantitative estimate of drug-likeness (QED) is 0.279. The third-order valence-corrected chi connectivity index (χ3v) is 2.80. The third-order valence-electron chi connectivity index (χ3n) is 2.80. The van der Waals surface area contributed by atoms with E-state index >= 15 is 0 Å². The molecule has 0 saturated heterocycles. The number of hydrogen-bond acceptors (Lipinski definition) is 3. The smallest absolute Gasteiger partial charge is 0.191 e. The Morgan fingerprint density at radius 1 is 1.14 bits per heavy atom. The summed E-state index contributed by atoms with van der Waals surface area (Å²) in [5.74, 6) is 1.71. The fraction of sp³-hybridized carbons (Fsp3) is 0.562. The fourth-order valence-electron chi connectivity index (χ4n) is 1.71. The van der Waals surface area contributed by atoms with Gasteiger partial charge in [-0.15, -0.1) is 24.0 Å². The van der Waals surface area contributed by atoms with Gasteiger partial charge in [0, 0.05) is 26.8 Å². The van der Waals surface area contributed by atoms with Crippen molar-refractivity contribution < 1.29 is 9.47 Å². The average molecular weight is 421 g/mol. The summed E-state index contributed by atoms with van der Waals surface area (Å²) in [5.41, 5.74) is 1.23. The molecule has 6 heteroatoms. The maximum Gasteiger partial charge on any atom is 0.191 e. The van der Waals surface area contributed by atoms with E-state index in [2.05, 4.69) is 29.5 Å². The molecular formula is C16H28IN3O2. The van der Waals surface area contributed by atoms with E-state index in [1.54, 1.807) is 7.11 Å². The Morgan fingerprint density at radius 2 is 1.86 bits per heavy atom. The van der Waals surface area contributed by atoms with Gasteiger partial charge in [0.05, 0.1) is 6.54 Å². The van der Waals surface area contributed by atoms with Crippen LogP contribution in [0.2, 0.25) is 0 Å². The number of ether oxygens (including phenoxy) is 2. The molecule has 126 valence electrons. The lowest BCUT2D eigenvalue weighted by Crippen LogP contribution is -2.39. The zero-order valence-electron chi connectivity index (χ0n) is 13.7. The largest absolute Gasteiger partial charge is 0.492 e. The van der Waals surface area contributed by atoms with Crippen molar-refractivity contribution in [2.45, 2.75) is 20.3 Å². The van der Waals surface area contributed by atoms with Crippen molar-refractivity contribution >= 4 is 29.9 Å². The number of guanidine groups is 1. The number of nitrogens with one attached hydrogen (secondary N) is 2. The Balaban J connectivity index is 0.00000441. The van der Waals surface area contributed by atoms with Crippen LogP contribution in [-0.4, -0.2) is 45.9 Å². The van der Waals surface area contributed by atoms with Crippen molar-refractivity contribution in [1.82, 2.24) is 10.6 Å². The Hall–Kier alpha value is -1.02. The zero-order valence-corrected chi connectivity index (χ0v) is 16.1. The first-order chi connectivity index (χ1) is 10.3. The van der Waals surface area contributed by atoms with E-state index in [0.29, 0.717) is 13.2 Å². The van der Waals surface area contributed by atoms with E-state index in [1.165, 1.54) is 5.56 Å². The van der Waals surface area contributed by atoms with Crippen LogP contribution in [0.3, 0.4) is 0 Å². The van der Waals surface area contributed by atoms with Crippen LogP contribution in [0, 0.1) is 6.92 Å². The predicted molar refractivity (Wildman–Crippen MR) is 103 cm³/mol. The van der Waals surface area contributed by atoms with Crippen LogP contribution < -0.4 is 15.4 Å². The van der Waals surface area contributed by atoms with Gasteiger partial charge < -0.3 is 20.1 Å². The van der Waals surface area contributed by atoms with E-state index in [0.717, 1.165) is 37.8 Å². The second-order valence-corrected chi connectivity index (χ2v) is 4.70. The molecule has 0 atom stereocenters. The first-order valence-electron chi connectivity index (χ1n) is 7.47. The number of methoxy groups -OCH3 is 1. The van der Waals surface area contributed by atoms with E-state index in [-0.39, 0.29) is 24.0 Å². The normalized spacial score (nSPS) is 10.8. The second kappa shape index (κ2) is 13.6. The molecule has 0 aliphatic heterocycles. The molecule has 0 bridgehead atoms. The molecular weight excluding hydrogens is 393 g/mol. The molecule has 1 rings (SSSR count). The molecule has 1 aromatic carbocycles. The molecule has 0 heterocycles. The van der Waals surface area contributed by atoms with Crippen molar-refractivity contribution in [2.24, 2.45) is 4.99 Å². The van der Waals surface area contributed by atoms with E-state index in [1.807, 2.05) is 24.3 Å². The third kappa shape index (κ3) is 9.83. The molecule has 0 aliphatic rings. The average Bonchev–Trinajstić information content (AvgIpc) is 2.49. The molecule has 0 amide bonds. The maximum atomic E-state index is 5.67. The van der Waals surface area contributed by atoms with Gasteiger partial charge in [0.15, 0.2) is 5.96 Å². The minimum atomic E-state index is 0. The zero-order chi connectivity index (χ0) is 15.3. The van der Waals surface area contributed by atoms with Crippen molar-refractivity contribution in [3.05, 3.63) is 29.8 Å². The summed E-state index contributed by atoms with van der Waals surface area (Å²) >= 11 is 0. The van der Waals surface area contributed by atoms with Crippen LogP contribution in [0.5, 0.6) is 5.75 Å². The topological polar surface area (TPSA) is 54.9 Å². The SMILES string of the molecule is CCNC(=NCCCOC)NCCOc1ccc(C)cc1.I. The maximum absolute atomic E-state index is 5.67. The Labute approximate surface area is 150 Å². The van der Waals surface area contributed by atoms with Crippen molar-refractivity contribution in [3.8, 4) is 5.75 Å². The van der Waals surface area contributed by atoms with Gasteiger partial charge in [-0.25, -0.2) is 0 Å². The second-order valence-electron chi connectivity index (χ2n) is 4.70. The Kier molecular flexibility index (Phi) is 13.0. The molecule has 0 saturated carbocycles. The van der Waals surface area contributed by atoms with E-state index in [9.17, 15) is 0 Å². The highest BCUT2D eigenvalue weighted by Gasteiger charge is 1.97. The van der Waals surface area contributed by atoms with Gasteiger partial charge in [0.1, 0.15) is 12.4 Å². The standard InChI is InChI=1S/C16H27N3O2.HI/c1-4-17-16(18-10-5-12-20-3)19-11-13-21-15-8-6-14(2)7-9-15;/h6-9H,4-5,10-13H2,1-3H3,(H2,17,18,19);1H. The molecule has 22 heavy (non-hydrogen) atoms. The first-order valence-corrected chi connectivity index (χ1v) is 7.47. The van der Waals surface area contributed by atoms with Crippen LogP contribution in [0.4, 0.5) is 0 Å². The van der Waals surface area contributed by atoms with Gasteiger partial charge >= 0.3 is 0 Å². The molecule has 2 N–H and O–H groups in total. The predicted octanol–water partition coefficient (Wildman–Crippen LogP) is 2.58. The number of hydrogen-bond donors (Lipinski definition) is 2. The minimum absolute atomic E-state index is 0. The van der Waals surface area contributed by atoms with Crippen LogP contribution in [0.25, 0.3) is 0 Å². The molecule has 5 nitrogen and oxygen atoms in total. The van der Waals surface area contributed by atoms with E-state index in [4.69, 9.17) is 9.47 Å². The molecule has 0 aromatic heterocycles. The summed E-state index contributed by atoms with van der Waals surface area (Å²) < 4.78 is 10.7. The highest BCUT2D eigenvalue weighted by Crippen LogP contribution is 2.10. The fourth-order valence-corrected chi connectivity index (χ4v) is 1.71. The Bertz CT molecular complexity index is 410. The summed E-state index contributed by atoms with van der Waals surface area (Å²) in [7, 11) is 1.70. The monoisotopic (exact) mass is 421 g/mol. The van der Waals surface area contributed by atoms with Gasteiger partial charge in [-0.3, -0.25) is 4.99 Å². The lowest BCUT2D eigenvalue weighted by molar-refractivity contribution is 0.197. The molecule has 0 fully saturated rings. The number of benzene rings is 1. The number of aliphatic imine (C=N–C) groups is 1. The summed E-state index contributed by atoms with van der Waals surface area (Å²) in [6.07, 6.45) is 0.924. The van der Waals surface area contributed by atoms with Gasteiger partial charge in [-0.2, -0.15) is 0 Å². The van der Waals surface area contributed by atoms with Crippen molar-refractivity contribution in [3.63, 3.8) is 0 Å². The molecule has 0 aliphatic carbocycles. The molecule has 0 radical (unpaired) electrons. The molecule has 0 unspecified atom stereocenters.